The minimum atomic E-state index is 0.737. The van der Waals surface area contributed by atoms with E-state index in [1.807, 2.05) is 42.8 Å². The summed E-state index contributed by atoms with van der Waals surface area (Å²) >= 11 is 9.60. The van der Waals surface area contributed by atoms with Crippen molar-refractivity contribution >= 4 is 27.5 Å². The van der Waals surface area contributed by atoms with E-state index in [0.29, 0.717) is 0 Å². The van der Waals surface area contributed by atoms with Crippen LogP contribution in [0, 0.1) is 6.92 Å². The number of aromatic nitrogens is 2. The standard InChI is InChI=1S/C11H10BrClN2/c1-7-14-11(12)10(15(7)2)8-5-3-4-6-9(8)13/h3-6H,1-2H3. The van der Waals surface area contributed by atoms with Crippen LogP contribution in [0.15, 0.2) is 28.9 Å². The van der Waals surface area contributed by atoms with Crippen molar-refractivity contribution in [2.24, 2.45) is 7.05 Å². The Morgan fingerprint density at radius 1 is 1.33 bits per heavy atom. The van der Waals surface area contributed by atoms with Crippen LogP contribution < -0.4 is 0 Å². The summed E-state index contributed by atoms with van der Waals surface area (Å²) in [5, 5.41) is 0.737. The van der Waals surface area contributed by atoms with Crippen molar-refractivity contribution in [3.63, 3.8) is 0 Å². The van der Waals surface area contributed by atoms with E-state index in [1.165, 1.54) is 0 Å². The summed E-state index contributed by atoms with van der Waals surface area (Å²) in [4.78, 5) is 4.35. The molecule has 1 aromatic heterocycles. The van der Waals surface area contributed by atoms with Gasteiger partial charge in [-0.05, 0) is 28.9 Å². The maximum atomic E-state index is 6.15. The van der Waals surface area contributed by atoms with Crippen LogP contribution in [-0.4, -0.2) is 9.55 Å². The highest BCUT2D eigenvalue weighted by atomic mass is 79.9. The topological polar surface area (TPSA) is 17.8 Å². The molecule has 0 aliphatic heterocycles. The largest absolute Gasteiger partial charge is 0.330 e. The van der Waals surface area contributed by atoms with Crippen molar-refractivity contribution < 1.29 is 0 Å². The molecule has 0 bridgehead atoms. The molecule has 78 valence electrons. The van der Waals surface area contributed by atoms with Gasteiger partial charge in [0, 0.05) is 17.6 Å². The zero-order chi connectivity index (χ0) is 11.0. The predicted octanol–water partition coefficient (Wildman–Crippen LogP) is 3.81. The lowest BCUT2D eigenvalue weighted by atomic mass is 10.2. The average molecular weight is 286 g/mol. The van der Waals surface area contributed by atoms with Gasteiger partial charge in [0.25, 0.3) is 0 Å². The van der Waals surface area contributed by atoms with E-state index in [9.17, 15) is 0 Å². The molecular formula is C11H10BrClN2. The average Bonchev–Trinajstić information content (AvgIpc) is 2.43. The molecule has 2 nitrogen and oxygen atoms in total. The van der Waals surface area contributed by atoms with Crippen LogP contribution in [0.25, 0.3) is 11.3 Å². The fourth-order valence-corrected chi connectivity index (χ4v) is 2.48. The van der Waals surface area contributed by atoms with Crippen LogP contribution in [0.2, 0.25) is 5.02 Å². The van der Waals surface area contributed by atoms with E-state index in [0.717, 1.165) is 26.7 Å². The highest BCUT2D eigenvalue weighted by molar-refractivity contribution is 9.10. The normalized spacial score (nSPS) is 10.7. The lowest BCUT2D eigenvalue weighted by molar-refractivity contribution is 0.865. The maximum absolute atomic E-state index is 6.15. The summed E-state index contributed by atoms with van der Waals surface area (Å²) in [6.45, 7) is 1.96. The van der Waals surface area contributed by atoms with Gasteiger partial charge in [-0.1, -0.05) is 29.8 Å². The smallest absolute Gasteiger partial charge is 0.132 e. The van der Waals surface area contributed by atoms with E-state index in [1.54, 1.807) is 0 Å². The molecule has 15 heavy (non-hydrogen) atoms. The van der Waals surface area contributed by atoms with Gasteiger partial charge in [0.05, 0.1) is 5.69 Å². The summed E-state index contributed by atoms with van der Waals surface area (Å²) in [5.74, 6) is 0.955. The Kier molecular flexibility index (Phi) is 2.85. The van der Waals surface area contributed by atoms with Crippen molar-refractivity contribution in [3.05, 3.63) is 39.7 Å². The van der Waals surface area contributed by atoms with Crippen LogP contribution in [0.4, 0.5) is 0 Å². The maximum Gasteiger partial charge on any atom is 0.132 e. The van der Waals surface area contributed by atoms with E-state index >= 15 is 0 Å². The second-order valence-electron chi connectivity index (χ2n) is 3.34. The van der Waals surface area contributed by atoms with Gasteiger partial charge in [-0.15, -0.1) is 0 Å². The van der Waals surface area contributed by atoms with E-state index in [4.69, 9.17) is 11.6 Å². The third-order valence-corrected chi connectivity index (χ3v) is 3.29. The van der Waals surface area contributed by atoms with E-state index < -0.39 is 0 Å². The quantitative estimate of drug-likeness (QED) is 0.779. The molecule has 0 spiro atoms. The van der Waals surface area contributed by atoms with Gasteiger partial charge in [-0.25, -0.2) is 4.98 Å². The van der Waals surface area contributed by atoms with Crippen molar-refractivity contribution in [1.82, 2.24) is 9.55 Å². The van der Waals surface area contributed by atoms with Crippen molar-refractivity contribution in [1.29, 1.82) is 0 Å². The molecule has 0 unspecified atom stereocenters. The SMILES string of the molecule is Cc1nc(Br)c(-c2ccccc2Cl)n1C. The summed E-state index contributed by atoms with van der Waals surface area (Å²) in [7, 11) is 1.98. The van der Waals surface area contributed by atoms with Crippen molar-refractivity contribution in [2.75, 3.05) is 0 Å². The number of nitrogens with zero attached hydrogens (tertiary/aromatic N) is 2. The lowest BCUT2D eigenvalue weighted by Crippen LogP contribution is -1.94. The van der Waals surface area contributed by atoms with Crippen LogP contribution in [-0.2, 0) is 7.05 Å². The van der Waals surface area contributed by atoms with Crippen molar-refractivity contribution in [3.8, 4) is 11.3 Å². The first-order valence-corrected chi connectivity index (χ1v) is 5.72. The fraction of sp³-hybridized carbons (Fsp3) is 0.182. The Morgan fingerprint density at radius 2 is 2.00 bits per heavy atom. The van der Waals surface area contributed by atoms with Gasteiger partial charge in [0.1, 0.15) is 10.4 Å². The highest BCUT2D eigenvalue weighted by Crippen LogP contribution is 2.33. The molecular weight excluding hydrogens is 275 g/mol. The summed E-state index contributed by atoms with van der Waals surface area (Å²) < 4.78 is 2.85. The van der Waals surface area contributed by atoms with Gasteiger partial charge in [0.2, 0.25) is 0 Å². The number of halogens is 2. The Hall–Kier alpha value is -0.800. The molecule has 0 atom stereocenters. The molecule has 2 aromatic rings. The minimum Gasteiger partial charge on any atom is -0.330 e. The molecule has 2 rings (SSSR count). The summed E-state index contributed by atoms with van der Waals surface area (Å²) in [6, 6.07) is 7.76. The third kappa shape index (κ3) is 1.82. The zero-order valence-corrected chi connectivity index (χ0v) is 10.8. The second-order valence-corrected chi connectivity index (χ2v) is 4.50. The predicted molar refractivity (Wildman–Crippen MR) is 66.1 cm³/mol. The molecule has 0 saturated carbocycles. The molecule has 0 aliphatic carbocycles. The first kappa shape index (κ1) is 10.7. The fourth-order valence-electron chi connectivity index (χ4n) is 1.52. The first-order valence-electron chi connectivity index (χ1n) is 4.55. The Morgan fingerprint density at radius 3 is 2.53 bits per heavy atom. The molecule has 1 heterocycles. The Labute approximate surface area is 102 Å². The lowest BCUT2D eigenvalue weighted by Gasteiger charge is -2.06. The molecule has 0 N–H and O–H groups in total. The minimum absolute atomic E-state index is 0.737. The molecule has 1 aromatic carbocycles. The van der Waals surface area contributed by atoms with Crippen LogP contribution in [0.1, 0.15) is 5.82 Å². The number of imidazole rings is 1. The van der Waals surface area contributed by atoms with E-state index in [-0.39, 0.29) is 0 Å². The van der Waals surface area contributed by atoms with Gasteiger partial charge in [0.15, 0.2) is 0 Å². The number of hydrogen-bond acceptors (Lipinski definition) is 1. The molecule has 0 saturated heterocycles. The van der Waals surface area contributed by atoms with Gasteiger partial charge >= 0.3 is 0 Å². The molecule has 0 radical (unpaired) electrons. The summed E-state index contributed by atoms with van der Waals surface area (Å²) in [6.07, 6.45) is 0. The van der Waals surface area contributed by atoms with Gasteiger partial charge < -0.3 is 4.57 Å². The van der Waals surface area contributed by atoms with Gasteiger partial charge in [-0.3, -0.25) is 0 Å². The van der Waals surface area contributed by atoms with Gasteiger partial charge in [-0.2, -0.15) is 0 Å². The third-order valence-electron chi connectivity index (χ3n) is 2.41. The number of hydrogen-bond donors (Lipinski definition) is 0. The van der Waals surface area contributed by atoms with E-state index in [2.05, 4.69) is 20.9 Å². The molecule has 4 heteroatoms. The van der Waals surface area contributed by atoms with Crippen LogP contribution in [0.5, 0.6) is 0 Å². The number of rotatable bonds is 1. The van der Waals surface area contributed by atoms with Crippen molar-refractivity contribution in [2.45, 2.75) is 6.92 Å². The second kappa shape index (κ2) is 3.99. The molecule has 0 aliphatic rings. The Bertz CT molecular complexity index is 505. The highest BCUT2D eigenvalue weighted by Gasteiger charge is 2.13. The molecule has 0 fully saturated rings. The zero-order valence-electron chi connectivity index (χ0n) is 8.46. The monoisotopic (exact) mass is 284 g/mol. The van der Waals surface area contributed by atoms with Crippen LogP contribution in [0.3, 0.4) is 0 Å². The number of aryl methyl sites for hydroxylation is 1. The molecule has 0 amide bonds. The first-order chi connectivity index (χ1) is 7.11. The number of benzene rings is 1. The van der Waals surface area contributed by atoms with Crippen LogP contribution >= 0.6 is 27.5 Å². The summed E-state index contributed by atoms with van der Waals surface area (Å²) in [5.41, 5.74) is 2.01. The Balaban J connectivity index is 2.69.